The van der Waals surface area contributed by atoms with Gasteiger partial charge in [-0.15, -0.1) is 0 Å². The fraction of sp³-hybridized carbons (Fsp3) is 0.263. The zero-order valence-corrected chi connectivity index (χ0v) is 17.6. The van der Waals surface area contributed by atoms with Crippen LogP contribution in [0.25, 0.3) is 11.1 Å². The maximum absolute atomic E-state index is 12.7. The maximum atomic E-state index is 12.7. The van der Waals surface area contributed by atoms with Crippen LogP contribution >= 0.6 is 0 Å². The largest absolute Gasteiger partial charge is 0.420 e. The van der Waals surface area contributed by atoms with E-state index in [0.717, 1.165) is 4.57 Å². The molecule has 12 heteroatoms. The normalized spacial score (nSPS) is 11.7. The molecule has 1 amide bonds. The Bertz CT molecular complexity index is 1290. The van der Waals surface area contributed by atoms with E-state index in [9.17, 15) is 28.1 Å². The molecule has 31 heavy (non-hydrogen) atoms. The highest BCUT2D eigenvalue weighted by Crippen LogP contribution is 2.22. The first-order valence-corrected chi connectivity index (χ1v) is 10.8. The minimum Gasteiger partial charge on any atom is -0.408 e. The third kappa shape index (κ3) is 4.49. The van der Waals surface area contributed by atoms with Crippen LogP contribution < -0.4 is 11.1 Å². The van der Waals surface area contributed by atoms with E-state index in [1.165, 1.54) is 46.8 Å². The van der Waals surface area contributed by atoms with Crippen LogP contribution in [-0.4, -0.2) is 41.2 Å². The van der Waals surface area contributed by atoms with Gasteiger partial charge in [0.05, 0.1) is 15.3 Å². The summed E-state index contributed by atoms with van der Waals surface area (Å²) in [5.74, 6) is -1.37. The molecule has 0 atom stereocenters. The number of nitrogens with zero attached hydrogens (tertiary/aromatic N) is 3. The Kier molecular flexibility index (Phi) is 6.22. The molecule has 3 aromatic rings. The molecule has 0 aliphatic heterocycles. The molecule has 0 aliphatic rings. The standard InChI is InChI=1S/C19H20N4O7S/c1-3-21(4-2)31(28,29)15-9-10-16-17(11-15)30-19(25)22(16)12-18(24)20-13-5-7-14(8-6-13)23(26)27/h5-11H,3-4,12H2,1-2H3,(H,20,24). The number of hydrogen-bond acceptors (Lipinski definition) is 7. The van der Waals surface area contributed by atoms with E-state index in [-0.39, 0.29) is 28.2 Å². The molecule has 1 N–H and O–H groups in total. The Hall–Kier alpha value is -3.51. The summed E-state index contributed by atoms with van der Waals surface area (Å²) in [7, 11) is -3.73. The highest BCUT2D eigenvalue weighted by atomic mass is 32.2. The molecule has 164 valence electrons. The van der Waals surface area contributed by atoms with Crippen LogP contribution in [0.15, 0.2) is 56.6 Å². The number of nitro groups is 1. The molecule has 0 bridgehead atoms. The molecule has 0 unspecified atom stereocenters. The summed E-state index contributed by atoms with van der Waals surface area (Å²) in [6.07, 6.45) is 0. The van der Waals surface area contributed by atoms with Crippen molar-refractivity contribution in [2.75, 3.05) is 18.4 Å². The van der Waals surface area contributed by atoms with Crippen molar-refractivity contribution in [2.24, 2.45) is 0 Å². The summed E-state index contributed by atoms with van der Waals surface area (Å²) < 4.78 is 32.8. The monoisotopic (exact) mass is 448 g/mol. The van der Waals surface area contributed by atoms with Gasteiger partial charge in [-0.2, -0.15) is 4.31 Å². The average Bonchev–Trinajstić information content (AvgIpc) is 3.03. The van der Waals surface area contributed by atoms with E-state index in [2.05, 4.69) is 5.32 Å². The van der Waals surface area contributed by atoms with Gasteiger partial charge in [-0.3, -0.25) is 19.5 Å². The number of hydrogen-bond donors (Lipinski definition) is 1. The Morgan fingerprint density at radius 1 is 1.16 bits per heavy atom. The summed E-state index contributed by atoms with van der Waals surface area (Å²) in [5.41, 5.74) is 0.512. The van der Waals surface area contributed by atoms with Crippen LogP contribution in [0.1, 0.15) is 13.8 Å². The van der Waals surface area contributed by atoms with E-state index < -0.39 is 26.6 Å². The van der Waals surface area contributed by atoms with Gasteiger partial charge in [0.1, 0.15) is 6.54 Å². The second kappa shape index (κ2) is 8.70. The molecule has 0 fully saturated rings. The first-order valence-electron chi connectivity index (χ1n) is 9.35. The van der Waals surface area contributed by atoms with E-state index in [0.29, 0.717) is 18.8 Å². The first kappa shape index (κ1) is 22.2. The predicted molar refractivity (Wildman–Crippen MR) is 112 cm³/mol. The number of fused-ring (bicyclic) bond motifs is 1. The number of carbonyl (C=O) groups is 1. The summed E-state index contributed by atoms with van der Waals surface area (Å²) in [6, 6.07) is 9.26. The van der Waals surface area contributed by atoms with Gasteiger partial charge in [0, 0.05) is 37.0 Å². The van der Waals surface area contributed by atoms with Crippen LogP contribution in [0.2, 0.25) is 0 Å². The lowest BCUT2D eigenvalue weighted by Crippen LogP contribution is -2.30. The molecule has 1 aromatic heterocycles. The van der Waals surface area contributed by atoms with Gasteiger partial charge >= 0.3 is 5.76 Å². The third-order valence-corrected chi connectivity index (χ3v) is 6.69. The SMILES string of the molecule is CCN(CC)S(=O)(=O)c1ccc2c(c1)oc(=O)n2CC(=O)Nc1ccc([N+](=O)[O-])cc1. The molecular weight excluding hydrogens is 428 g/mol. The lowest BCUT2D eigenvalue weighted by atomic mass is 10.3. The molecule has 2 aromatic carbocycles. The van der Waals surface area contributed by atoms with Crippen molar-refractivity contribution in [3.63, 3.8) is 0 Å². The minimum absolute atomic E-state index is 0.0140. The molecule has 1 heterocycles. The summed E-state index contributed by atoms with van der Waals surface area (Å²) in [5, 5.41) is 13.2. The van der Waals surface area contributed by atoms with Crippen LogP contribution in [0.4, 0.5) is 11.4 Å². The van der Waals surface area contributed by atoms with Gasteiger partial charge < -0.3 is 9.73 Å². The molecule has 0 saturated heterocycles. The van der Waals surface area contributed by atoms with Crippen LogP contribution in [-0.2, 0) is 21.4 Å². The fourth-order valence-corrected chi connectivity index (χ4v) is 4.55. The number of benzene rings is 2. The lowest BCUT2D eigenvalue weighted by molar-refractivity contribution is -0.384. The number of nitrogens with one attached hydrogen (secondary N) is 1. The van der Waals surface area contributed by atoms with Crippen molar-refractivity contribution in [1.82, 2.24) is 8.87 Å². The molecule has 3 rings (SSSR count). The lowest BCUT2D eigenvalue weighted by Gasteiger charge is -2.18. The Balaban J connectivity index is 1.84. The van der Waals surface area contributed by atoms with Gasteiger partial charge in [-0.05, 0) is 24.3 Å². The van der Waals surface area contributed by atoms with Gasteiger partial charge in [0.25, 0.3) is 5.69 Å². The third-order valence-electron chi connectivity index (χ3n) is 4.65. The van der Waals surface area contributed by atoms with Crippen molar-refractivity contribution in [3.8, 4) is 0 Å². The smallest absolute Gasteiger partial charge is 0.408 e. The number of rotatable bonds is 8. The maximum Gasteiger partial charge on any atom is 0.420 e. The van der Waals surface area contributed by atoms with Crippen LogP contribution in [0.3, 0.4) is 0 Å². The van der Waals surface area contributed by atoms with Crippen molar-refractivity contribution < 1.29 is 22.6 Å². The topological polar surface area (TPSA) is 145 Å². The second-order valence-corrected chi connectivity index (χ2v) is 8.46. The predicted octanol–water partition coefficient (Wildman–Crippen LogP) is 2.17. The highest BCUT2D eigenvalue weighted by Gasteiger charge is 2.23. The summed E-state index contributed by atoms with van der Waals surface area (Å²) in [6.45, 7) is 3.65. The Labute approximate surface area is 177 Å². The molecular formula is C19H20N4O7S. The molecule has 0 aliphatic carbocycles. The van der Waals surface area contributed by atoms with E-state index >= 15 is 0 Å². The number of aromatic nitrogens is 1. The fourth-order valence-electron chi connectivity index (χ4n) is 3.08. The number of amides is 1. The number of nitro benzene ring substituents is 1. The van der Waals surface area contributed by atoms with Crippen molar-refractivity contribution in [1.29, 1.82) is 0 Å². The van der Waals surface area contributed by atoms with Crippen molar-refractivity contribution in [2.45, 2.75) is 25.3 Å². The summed E-state index contributed by atoms with van der Waals surface area (Å²) >= 11 is 0. The molecule has 0 spiro atoms. The molecule has 0 saturated carbocycles. The van der Waals surface area contributed by atoms with Crippen molar-refractivity contribution >= 4 is 38.4 Å². The van der Waals surface area contributed by atoms with E-state index in [1.807, 2.05) is 0 Å². The number of anilines is 1. The van der Waals surface area contributed by atoms with Gasteiger partial charge in [-0.1, -0.05) is 13.8 Å². The average molecular weight is 448 g/mol. The Morgan fingerprint density at radius 3 is 2.39 bits per heavy atom. The Morgan fingerprint density at radius 2 is 1.81 bits per heavy atom. The van der Waals surface area contributed by atoms with E-state index in [4.69, 9.17) is 4.42 Å². The van der Waals surface area contributed by atoms with Crippen LogP contribution in [0.5, 0.6) is 0 Å². The zero-order valence-electron chi connectivity index (χ0n) is 16.8. The highest BCUT2D eigenvalue weighted by molar-refractivity contribution is 7.89. The number of oxazole rings is 1. The first-order chi connectivity index (χ1) is 14.7. The van der Waals surface area contributed by atoms with Crippen molar-refractivity contribution in [3.05, 3.63) is 63.1 Å². The molecule has 0 radical (unpaired) electrons. The second-order valence-electron chi connectivity index (χ2n) is 6.53. The number of non-ortho nitro benzene ring substituents is 1. The number of carbonyl (C=O) groups excluding carboxylic acids is 1. The molecule has 11 nitrogen and oxygen atoms in total. The minimum atomic E-state index is -3.73. The van der Waals surface area contributed by atoms with E-state index in [1.54, 1.807) is 13.8 Å². The quantitative estimate of drug-likeness (QED) is 0.410. The number of sulfonamides is 1. The van der Waals surface area contributed by atoms with Crippen LogP contribution in [0, 0.1) is 10.1 Å². The van der Waals surface area contributed by atoms with Gasteiger partial charge in [0.15, 0.2) is 5.58 Å². The summed E-state index contributed by atoms with van der Waals surface area (Å²) in [4.78, 5) is 34.7. The van der Waals surface area contributed by atoms with Gasteiger partial charge in [0.2, 0.25) is 15.9 Å². The van der Waals surface area contributed by atoms with Gasteiger partial charge in [-0.25, -0.2) is 13.2 Å². The zero-order chi connectivity index (χ0) is 22.8.